The van der Waals surface area contributed by atoms with Crippen LogP contribution in [0.15, 0.2) is 176 Å². The summed E-state index contributed by atoms with van der Waals surface area (Å²) >= 11 is 0. The van der Waals surface area contributed by atoms with Gasteiger partial charge in [-0.1, -0.05) is 97.1 Å². The summed E-state index contributed by atoms with van der Waals surface area (Å²) < 4.78 is 6.93. The fraction of sp³-hybridized carbons (Fsp3) is 0. The maximum atomic E-state index is 10.3. The third-order valence-electron chi connectivity index (χ3n) is 11.1. The van der Waals surface area contributed by atoms with Gasteiger partial charge < -0.3 is 13.7 Å². The van der Waals surface area contributed by atoms with E-state index in [1.54, 1.807) is 0 Å². The largest absolute Gasteiger partial charge is 0.309 e. The van der Waals surface area contributed by atoms with Crippen LogP contribution in [0.2, 0.25) is 0 Å². The Morgan fingerprint density at radius 2 is 0.855 bits per heavy atom. The molecule has 11 rings (SSSR count). The van der Waals surface area contributed by atoms with E-state index in [1.165, 1.54) is 21.5 Å². The molecule has 254 valence electrons. The second-order valence-corrected chi connectivity index (χ2v) is 14.0. The van der Waals surface area contributed by atoms with Crippen molar-refractivity contribution >= 4 is 71.1 Å². The lowest BCUT2D eigenvalue weighted by Crippen LogP contribution is -1.98. The van der Waals surface area contributed by atoms with Gasteiger partial charge in [0.15, 0.2) is 5.69 Å². The van der Waals surface area contributed by atoms with Crippen LogP contribution < -0.4 is 0 Å². The quantitative estimate of drug-likeness (QED) is 0.169. The Morgan fingerprint density at radius 1 is 0.400 bits per heavy atom. The van der Waals surface area contributed by atoms with Crippen LogP contribution in [0.3, 0.4) is 0 Å². The maximum Gasteiger partial charge on any atom is 0.188 e. The minimum atomic E-state index is 0.633. The van der Waals surface area contributed by atoms with E-state index in [0.717, 1.165) is 72.1 Å². The van der Waals surface area contributed by atoms with Gasteiger partial charge in [-0.3, -0.25) is 0 Å². The molecule has 3 heterocycles. The first-order valence-electron chi connectivity index (χ1n) is 18.3. The molecule has 0 spiro atoms. The van der Waals surface area contributed by atoms with E-state index in [4.69, 9.17) is 6.57 Å². The van der Waals surface area contributed by atoms with Gasteiger partial charge in [0.05, 0.1) is 51.3 Å². The molecule has 3 aromatic heterocycles. The molecule has 11 aromatic rings. The van der Waals surface area contributed by atoms with Crippen molar-refractivity contribution < 1.29 is 0 Å². The second kappa shape index (κ2) is 11.8. The average Bonchev–Trinajstić information content (AvgIpc) is 3.88. The van der Waals surface area contributed by atoms with Gasteiger partial charge in [-0.15, -0.1) is 0 Å². The lowest BCUT2D eigenvalue weighted by Gasteiger charge is -2.14. The van der Waals surface area contributed by atoms with Crippen LogP contribution in [-0.2, 0) is 0 Å². The smallest absolute Gasteiger partial charge is 0.188 e. The van der Waals surface area contributed by atoms with Crippen molar-refractivity contribution in [2.45, 2.75) is 0 Å². The molecule has 0 radical (unpaired) electrons. The molecule has 0 aliphatic rings. The fourth-order valence-corrected chi connectivity index (χ4v) is 8.68. The van der Waals surface area contributed by atoms with Crippen molar-refractivity contribution in [3.8, 4) is 34.3 Å². The number of hydrogen-bond acceptors (Lipinski definition) is 1. The van der Waals surface area contributed by atoms with Crippen molar-refractivity contribution in [2.75, 3.05) is 0 Å². The van der Waals surface area contributed by atoms with Crippen LogP contribution >= 0.6 is 0 Å². The highest BCUT2D eigenvalue weighted by Crippen LogP contribution is 2.39. The third kappa shape index (κ3) is 4.51. The lowest BCUT2D eigenvalue weighted by molar-refractivity contribution is 1.15. The number of benzene rings is 8. The number of aromatic nitrogens is 3. The Hall–Kier alpha value is -7.86. The van der Waals surface area contributed by atoms with E-state index in [-0.39, 0.29) is 0 Å². The van der Waals surface area contributed by atoms with Crippen LogP contribution in [0.5, 0.6) is 0 Å². The molecule has 0 atom stereocenters. The highest BCUT2D eigenvalue weighted by atomic mass is 15.0. The normalized spacial score (nSPS) is 11.6. The molecular weight excluding hydrogens is 671 g/mol. The van der Waals surface area contributed by atoms with Crippen molar-refractivity contribution in [1.29, 1.82) is 5.26 Å². The number of fused-ring (bicyclic) bond motifs is 9. The SMILES string of the molecule is [C-]#[N+]c1ccc2c(c1)c1ccccc1n2-c1ccc2c3ccccc3n(-c3ccc(-c4cc(-n5c6ccccc6c6ccccc65)ccc4C#N)cc3)c2c1. The van der Waals surface area contributed by atoms with Crippen LogP contribution in [0, 0.1) is 17.9 Å². The predicted octanol–water partition coefficient (Wildman–Crippen LogP) is 13.1. The molecule has 5 heteroatoms. The van der Waals surface area contributed by atoms with E-state index in [0.29, 0.717) is 11.3 Å². The Balaban J connectivity index is 1.07. The Kier molecular flexibility index (Phi) is 6.61. The molecule has 0 saturated carbocycles. The molecule has 0 amide bonds. The summed E-state index contributed by atoms with van der Waals surface area (Å²) in [6.07, 6.45) is 0. The zero-order valence-corrected chi connectivity index (χ0v) is 29.5. The van der Waals surface area contributed by atoms with Crippen LogP contribution in [-0.4, -0.2) is 13.7 Å². The van der Waals surface area contributed by atoms with Gasteiger partial charge in [0, 0.05) is 49.6 Å². The Labute approximate surface area is 316 Å². The van der Waals surface area contributed by atoms with Gasteiger partial charge in [0.2, 0.25) is 0 Å². The minimum Gasteiger partial charge on any atom is -0.309 e. The first kappa shape index (κ1) is 30.7. The molecule has 0 unspecified atom stereocenters. The summed E-state index contributed by atoms with van der Waals surface area (Å²) in [5.41, 5.74) is 12.9. The Bertz CT molecular complexity index is 3400. The fourth-order valence-electron chi connectivity index (χ4n) is 8.68. The third-order valence-corrected chi connectivity index (χ3v) is 11.1. The first-order valence-corrected chi connectivity index (χ1v) is 18.3. The molecule has 0 saturated heterocycles. The average molecular weight is 700 g/mol. The van der Waals surface area contributed by atoms with Crippen molar-refractivity contribution in [3.63, 3.8) is 0 Å². The van der Waals surface area contributed by atoms with Gasteiger partial charge in [0.25, 0.3) is 0 Å². The highest BCUT2D eigenvalue weighted by molar-refractivity contribution is 6.13. The van der Waals surface area contributed by atoms with Gasteiger partial charge >= 0.3 is 0 Å². The highest BCUT2D eigenvalue weighted by Gasteiger charge is 2.18. The van der Waals surface area contributed by atoms with E-state index in [9.17, 15) is 5.26 Å². The van der Waals surface area contributed by atoms with Gasteiger partial charge in [-0.05, 0) is 89.8 Å². The minimum absolute atomic E-state index is 0.633. The summed E-state index contributed by atoms with van der Waals surface area (Å²) in [5.74, 6) is 0. The van der Waals surface area contributed by atoms with Crippen molar-refractivity contribution in [2.24, 2.45) is 0 Å². The topological polar surface area (TPSA) is 42.9 Å². The molecule has 0 aliphatic carbocycles. The molecule has 0 aliphatic heterocycles. The molecule has 0 fully saturated rings. The Morgan fingerprint density at radius 3 is 1.42 bits per heavy atom. The number of nitrogens with zero attached hydrogens (tertiary/aromatic N) is 5. The number of para-hydroxylation sites is 4. The number of hydrogen-bond donors (Lipinski definition) is 0. The van der Waals surface area contributed by atoms with Gasteiger partial charge in [-0.25, -0.2) is 4.85 Å². The van der Waals surface area contributed by atoms with E-state index < -0.39 is 0 Å². The predicted molar refractivity (Wildman–Crippen MR) is 226 cm³/mol. The lowest BCUT2D eigenvalue weighted by atomic mass is 9.99. The van der Waals surface area contributed by atoms with Crippen molar-refractivity contribution in [3.05, 3.63) is 193 Å². The monoisotopic (exact) mass is 699 g/mol. The van der Waals surface area contributed by atoms with Gasteiger partial charge in [0.1, 0.15) is 0 Å². The summed E-state index contributed by atoms with van der Waals surface area (Å²) in [6, 6.07) is 63.8. The van der Waals surface area contributed by atoms with Crippen LogP contribution in [0.4, 0.5) is 5.69 Å². The summed E-state index contributed by atoms with van der Waals surface area (Å²) in [7, 11) is 0. The van der Waals surface area contributed by atoms with Gasteiger partial charge in [-0.2, -0.15) is 5.26 Å². The zero-order valence-electron chi connectivity index (χ0n) is 29.5. The second-order valence-electron chi connectivity index (χ2n) is 14.0. The number of nitriles is 1. The summed E-state index contributed by atoms with van der Waals surface area (Å²) in [4.78, 5) is 3.71. The molecule has 8 aromatic carbocycles. The standard InChI is InChI=1S/C50H29N5/c1-52-34-21-27-49-44(28-34)41-13-5-9-17-48(41)55(49)37-25-26-42-40-12-4-6-14-45(40)53(50(42)30-37)35-22-18-32(19-23-35)43-29-36(24-20-33(43)31-51)54-46-15-7-2-10-38(46)39-11-3-8-16-47(39)54/h2-30H. The van der Waals surface area contributed by atoms with E-state index in [1.807, 2.05) is 24.3 Å². The zero-order chi connectivity index (χ0) is 36.6. The first-order chi connectivity index (χ1) is 27.2. The van der Waals surface area contributed by atoms with E-state index >= 15 is 0 Å². The van der Waals surface area contributed by atoms with E-state index in [2.05, 4.69) is 176 Å². The van der Waals surface area contributed by atoms with Crippen LogP contribution in [0.25, 0.3) is 98.5 Å². The maximum absolute atomic E-state index is 10.3. The molecular formula is C50H29N5. The molecule has 5 nitrogen and oxygen atoms in total. The molecule has 0 bridgehead atoms. The molecule has 55 heavy (non-hydrogen) atoms. The van der Waals surface area contributed by atoms with Crippen LogP contribution in [0.1, 0.15) is 5.56 Å². The summed E-state index contributed by atoms with van der Waals surface area (Å²) in [5, 5.41) is 17.2. The van der Waals surface area contributed by atoms with Crippen molar-refractivity contribution in [1.82, 2.24) is 13.7 Å². The number of rotatable bonds is 4. The molecule has 0 N–H and O–H groups in total. The summed E-state index contributed by atoms with van der Waals surface area (Å²) in [6.45, 7) is 7.62.